The smallest absolute Gasteiger partial charge is 0.253 e. The van der Waals surface area contributed by atoms with Gasteiger partial charge in [-0.15, -0.1) is 24.8 Å². The highest BCUT2D eigenvalue weighted by atomic mass is 35.5. The molecule has 2 atom stereocenters. The minimum absolute atomic E-state index is 0. The number of hydrogen-bond acceptors (Lipinski definition) is 3. The summed E-state index contributed by atoms with van der Waals surface area (Å²) in [6, 6.07) is 18.2. The Hall–Kier alpha value is -1.75. The average molecular weight is 424 g/mol. The minimum Gasteiger partial charge on any atom is -0.375 e. The van der Waals surface area contributed by atoms with Crippen LogP contribution in [0.25, 0.3) is 0 Å². The van der Waals surface area contributed by atoms with E-state index in [1.165, 1.54) is 18.4 Å². The first kappa shape index (κ1) is 24.3. The molecule has 2 N–H and O–H groups in total. The number of benzene rings is 2. The summed E-state index contributed by atoms with van der Waals surface area (Å²) in [4.78, 5) is 17.0. The Morgan fingerprint density at radius 1 is 1.07 bits per heavy atom. The molecule has 0 radical (unpaired) electrons. The van der Waals surface area contributed by atoms with Gasteiger partial charge in [-0.2, -0.15) is 0 Å². The van der Waals surface area contributed by atoms with Crippen LogP contribution in [0, 0.1) is 0 Å². The lowest BCUT2D eigenvalue weighted by Gasteiger charge is -2.20. The molecule has 1 aliphatic heterocycles. The molecule has 2 aromatic carbocycles. The van der Waals surface area contributed by atoms with Gasteiger partial charge in [0.15, 0.2) is 0 Å². The molecule has 1 saturated heterocycles. The number of likely N-dealkylation sites (tertiary alicyclic amines) is 1. The van der Waals surface area contributed by atoms with Crippen LogP contribution in [0.4, 0.5) is 5.69 Å². The van der Waals surface area contributed by atoms with E-state index in [1.807, 2.05) is 47.4 Å². The van der Waals surface area contributed by atoms with Crippen molar-refractivity contribution in [1.82, 2.24) is 4.90 Å². The van der Waals surface area contributed by atoms with Gasteiger partial charge in [0.1, 0.15) is 0 Å². The maximum Gasteiger partial charge on any atom is 0.253 e. The lowest BCUT2D eigenvalue weighted by Crippen LogP contribution is -2.32. The number of halogens is 2. The molecule has 1 aliphatic rings. The molecule has 28 heavy (non-hydrogen) atoms. The van der Waals surface area contributed by atoms with Crippen LogP contribution in [-0.4, -0.2) is 43.5 Å². The van der Waals surface area contributed by atoms with Crippen LogP contribution in [0.15, 0.2) is 54.6 Å². The van der Waals surface area contributed by atoms with Crippen molar-refractivity contribution in [3.63, 3.8) is 0 Å². The highest BCUT2D eigenvalue weighted by Crippen LogP contribution is 2.27. The van der Waals surface area contributed by atoms with Gasteiger partial charge in [0.2, 0.25) is 0 Å². The summed E-state index contributed by atoms with van der Waals surface area (Å²) in [5, 5.41) is 0. The van der Waals surface area contributed by atoms with Crippen LogP contribution in [-0.2, 0) is 0 Å². The summed E-state index contributed by atoms with van der Waals surface area (Å²) >= 11 is 0. The number of nitrogens with zero attached hydrogens (tertiary/aromatic N) is 2. The van der Waals surface area contributed by atoms with Crippen molar-refractivity contribution in [1.29, 1.82) is 0 Å². The van der Waals surface area contributed by atoms with E-state index in [0.29, 0.717) is 13.1 Å². The maximum atomic E-state index is 12.9. The summed E-state index contributed by atoms with van der Waals surface area (Å²) in [6.45, 7) is 4.52. The molecule has 1 fully saturated rings. The molecular formula is C22H31Cl2N3O. The summed E-state index contributed by atoms with van der Waals surface area (Å²) in [5.41, 5.74) is 9.42. The fraction of sp³-hybridized carbons (Fsp3) is 0.409. The lowest BCUT2D eigenvalue weighted by atomic mass is 9.95. The predicted molar refractivity (Wildman–Crippen MR) is 122 cm³/mol. The number of anilines is 1. The van der Waals surface area contributed by atoms with Crippen molar-refractivity contribution in [3.05, 3.63) is 65.7 Å². The Labute approximate surface area is 180 Å². The van der Waals surface area contributed by atoms with Crippen molar-refractivity contribution in [2.75, 3.05) is 31.6 Å². The number of rotatable bonds is 6. The molecule has 0 aliphatic carbocycles. The molecule has 4 nitrogen and oxygen atoms in total. The third-order valence-corrected chi connectivity index (χ3v) is 5.28. The quantitative estimate of drug-likeness (QED) is 0.751. The lowest BCUT2D eigenvalue weighted by molar-refractivity contribution is 0.0789. The Morgan fingerprint density at radius 3 is 2.32 bits per heavy atom. The second-order valence-electron chi connectivity index (χ2n) is 7.21. The van der Waals surface area contributed by atoms with Gasteiger partial charge in [-0.1, -0.05) is 43.7 Å². The van der Waals surface area contributed by atoms with Crippen molar-refractivity contribution >= 4 is 36.4 Å². The molecule has 0 unspecified atom stereocenters. The van der Waals surface area contributed by atoms with Gasteiger partial charge < -0.3 is 15.5 Å². The molecule has 6 heteroatoms. The molecule has 0 aromatic heterocycles. The van der Waals surface area contributed by atoms with Crippen LogP contribution < -0.4 is 10.6 Å². The Kier molecular flexibility index (Phi) is 9.80. The molecule has 1 amide bonds. The van der Waals surface area contributed by atoms with Crippen molar-refractivity contribution in [3.8, 4) is 0 Å². The molecule has 154 valence electrons. The summed E-state index contributed by atoms with van der Waals surface area (Å²) in [5.74, 6) is 0.279. The SMILES string of the molecule is CCCCN(C)c1ccc(C(=O)N2C[C@@H](N)[C@H](c3ccccc3)C2)cc1.Cl.Cl. The number of carbonyl (C=O) groups is 1. The zero-order valence-electron chi connectivity index (χ0n) is 16.6. The summed E-state index contributed by atoms with van der Waals surface area (Å²) in [7, 11) is 2.09. The highest BCUT2D eigenvalue weighted by Gasteiger charge is 2.34. The maximum absolute atomic E-state index is 12.9. The minimum atomic E-state index is -0.0131. The third-order valence-electron chi connectivity index (χ3n) is 5.28. The van der Waals surface area contributed by atoms with Gasteiger partial charge in [0, 0.05) is 49.9 Å². The van der Waals surface area contributed by atoms with E-state index in [0.717, 1.165) is 17.8 Å². The van der Waals surface area contributed by atoms with Gasteiger partial charge in [-0.05, 0) is 36.2 Å². The first-order chi connectivity index (χ1) is 12.6. The van der Waals surface area contributed by atoms with E-state index >= 15 is 0 Å². The number of nitrogens with two attached hydrogens (primary N) is 1. The zero-order valence-corrected chi connectivity index (χ0v) is 18.2. The fourth-order valence-electron chi connectivity index (χ4n) is 3.61. The number of amides is 1. The number of hydrogen-bond donors (Lipinski definition) is 1. The zero-order chi connectivity index (χ0) is 18.5. The second-order valence-corrected chi connectivity index (χ2v) is 7.21. The summed E-state index contributed by atoms with van der Waals surface area (Å²) < 4.78 is 0. The first-order valence-corrected chi connectivity index (χ1v) is 9.51. The van der Waals surface area contributed by atoms with Gasteiger partial charge >= 0.3 is 0 Å². The van der Waals surface area contributed by atoms with Crippen molar-refractivity contribution in [2.24, 2.45) is 5.73 Å². The highest BCUT2D eigenvalue weighted by molar-refractivity contribution is 5.95. The Bertz CT molecular complexity index is 724. The van der Waals surface area contributed by atoms with Crippen LogP contribution >= 0.6 is 24.8 Å². The fourth-order valence-corrected chi connectivity index (χ4v) is 3.61. The van der Waals surface area contributed by atoms with E-state index < -0.39 is 0 Å². The number of carbonyl (C=O) groups excluding carboxylic acids is 1. The third kappa shape index (κ3) is 5.63. The van der Waals surface area contributed by atoms with Gasteiger partial charge in [-0.25, -0.2) is 0 Å². The normalized spacial score (nSPS) is 18.2. The Balaban J connectivity index is 0.00000196. The van der Waals surface area contributed by atoms with E-state index in [9.17, 15) is 4.79 Å². The van der Waals surface area contributed by atoms with E-state index in [1.54, 1.807) is 0 Å². The molecular weight excluding hydrogens is 393 g/mol. The van der Waals surface area contributed by atoms with Crippen LogP contribution in [0.5, 0.6) is 0 Å². The van der Waals surface area contributed by atoms with Crippen LogP contribution in [0.2, 0.25) is 0 Å². The number of unbranched alkanes of at least 4 members (excludes halogenated alkanes) is 1. The van der Waals surface area contributed by atoms with Gasteiger partial charge in [0.05, 0.1) is 0 Å². The summed E-state index contributed by atoms with van der Waals surface area (Å²) in [6.07, 6.45) is 2.35. The van der Waals surface area contributed by atoms with E-state index in [2.05, 4.69) is 31.0 Å². The standard InChI is InChI=1S/C22H29N3O.2ClH/c1-3-4-14-24(2)19-12-10-18(11-13-19)22(26)25-15-20(21(23)16-25)17-8-6-5-7-9-17;;/h5-13,20-21H,3-4,14-16,23H2,1-2H3;2*1H/t20-,21+;;/m0../s1. The largest absolute Gasteiger partial charge is 0.375 e. The molecule has 0 spiro atoms. The van der Waals surface area contributed by atoms with Crippen LogP contribution in [0.3, 0.4) is 0 Å². The monoisotopic (exact) mass is 423 g/mol. The molecule has 2 aromatic rings. The second kappa shape index (κ2) is 11.3. The molecule has 0 bridgehead atoms. The topological polar surface area (TPSA) is 49.6 Å². The molecule has 0 saturated carbocycles. The van der Waals surface area contributed by atoms with Crippen molar-refractivity contribution < 1.29 is 4.79 Å². The van der Waals surface area contributed by atoms with Gasteiger partial charge in [0.25, 0.3) is 5.91 Å². The van der Waals surface area contributed by atoms with Crippen molar-refractivity contribution in [2.45, 2.75) is 31.7 Å². The molecule has 1 heterocycles. The van der Waals surface area contributed by atoms with Gasteiger partial charge in [-0.3, -0.25) is 4.79 Å². The van der Waals surface area contributed by atoms with Crippen LogP contribution in [0.1, 0.15) is 41.6 Å². The van der Waals surface area contributed by atoms with E-state index in [4.69, 9.17) is 5.73 Å². The predicted octanol–water partition coefficient (Wildman–Crippen LogP) is 4.33. The Morgan fingerprint density at radius 2 is 1.71 bits per heavy atom. The average Bonchev–Trinajstić information content (AvgIpc) is 3.08. The van der Waals surface area contributed by atoms with E-state index in [-0.39, 0.29) is 42.7 Å². The first-order valence-electron chi connectivity index (χ1n) is 9.51. The molecule has 3 rings (SSSR count).